The van der Waals surface area contributed by atoms with Crippen molar-refractivity contribution in [3.63, 3.8) is 0 Å². The van der Waals surface area contributed by atoms with Crippen LogP contribution in [0.15, 0.2) is 24.3 Å². The Bertz CT molecular complexity index is 386. The number of nitrogens with one attached hydrogen (secondary N) is 2. The van der Waals surface area contributed by atoms with E-state index < -0.39 is 11.6 Å². The van der Waals surface area contributed by atoms with Crippen molar-refractivity contribution >= 4 is 5.97 Å². The van der Waals surface area contributed by atoms with E-state index in [-0.39, 0.29) is 5.75 Å². The number of benzene rings is 1. The molecule has 1 fully saturated rings. The van der Waals surface area contributed by atoms with E-state index >= 15 is 0 Å². The number of para-hydroxylation sites is 1. The van der Waals surface area contributed by atoms with Crippen molar-refractivity contribution in [1.82, 2.24) is 10.6 Å². The van der Waals surface area contributed by atoms with E-state index in [2.05, 4.69) is 10.6 Å². The average Bonchev–Trinajstić information content (AvgIpc) is 2.68. The molecular formula is C10H12N2O3. The summed E-state index contributed by atoms with van der Waals surface area (Å²) in [4.78, 5) is 11.2. The normalized spacial score (nSPS) is 18.9. The molecule has 0 aliphatic carbocycles. The Morgan fingerprint density at radius 3 is 2.40 bits per heavy atom. The average molecular weight is 208 g/mol. The van der Waals surface area contributed by atoms with Crippen LogP contribution in [0.1, 0.15) is 5.56 Å². The monoisotopic (exact) mass is 208 g/mol. The van der Waals surface area contributed by atoms with Gasteiger partial charge < -0.3 is 10.2 Å². The van der Waals surface area contributed by atoms with Gasteiger partial charge >= 0.3 is 5.97 Å². The largest absolute Gasteiger partial charge is 0.508 e. The van der Waals surface area contributed by atoms with Gasteiger partial charge in [0.2, 0.25) is 0 Å². The van der Waals surface area contributed by atoms with Crippen molar-refractivity contribution in [2.75, 3.05) is 13.1 Å². The molecule has 0 radical (unpaired) electrons. The summed E-state index contributed by atoms with van der Waals surface area (Å²) >= 11 is 0. The minimum Gasteiger partial charge on any atom is -0.508 e. The fourth-order valence-corrected chi connectivity index (χ4v) is 1.81. The maximum Gasteiger partial charge on any atom is 0.343 e. The lowest BCUT2D eigenvalue weighted by Crippen LogP contribution is -2.52. The molecule has 1 aliphatic heterocycles. The van der Waals surface area contributed by atoms with Gasteiger partial charge in [-0.3, -0.25) is 10.6 Å². The Kier molecular flexibility index (Phi) is 2.34. The second-order valence-corrected chi connectivity index (χ2v) is 3.43. The molecular weight excluding hydrogens is 196 g/mol. The smallest absolute Gasteiger partial charge is 0.343 e. The standard InChI is InChI=1S/C10H12N2O3/c13-8-4-2-1-3-7(8)10(9(14)15)11-5-6-12-10/h1-4,11-13H,5-6H2,(H,14,15). The second kappa shape index (κ2) is 3.52. The molecule has 1 aromatic rings. The molecule has 1 saturated heterocycles. The van der Waals surface area contributed by atoms with Gasteiger partial charge in [-0.2, -0.15) is 0 Å². The number of phenols is 1. The first-order chi connectivity index (χ1) is 7.17. The van der Waals surface area contributed by atoms with E-state index in [1.54, 1.807) is 18.2 Å². The van der Waals surface area contributed by atoms with Crippen molar-refractivity contribution in [3.8, 4) is 5.75 Å². The Morgan fingerprint density at radius 1 is 1.27 bits per heavy atom. The first-order valence-electron chi connectivity index (χ1n) is 4.69. The molecule has 80 valence electrons. The summed E-state index contributed by atoms with van der Waals surface area (Å²) in [5, 5.41) is 24.6. The molecule has 1 aromatic carbocycles. The SMILES string of the molecule is O=C(O)C1(c2ccccc2O)NCCN1. The van der Waals surface area contributed by atoms with E-state index in [0.29, 0.717) is 18.7 Å². The molecule has 4 N–H and O–H groups in total. The summed E-state index contributed by atoms with van der Waals surface area (Å²) in [6, 6.07) is 6.42. The third kappa shape index (κ3) is 1.45. The van der Waals surface area contributed by atoms with Crippen molar-refractivity contribution in [1.29, 1.82) is 0 Å². The predicted molar refractivity (Wildman–Crippen MR) is 53.4 cm³/mol. The van der Waals surface area contributed by atoms with Crippen LogP contribution in [0.5, 0.6) is 5.75 Å². The summed E-state index contributed by atoms with van der Waals surface area (Å²) in [7, 11) is 0. The molecule has 5 nitrogen and oxygen atoms in total. The zero-order chi connectivity index (χ0) is 10.9. The first-order valence-corrected chi connectivity index (χ1v) is 4.69. The number of aliphatic carboxylic acids is 1. The number of carboxylic acids is 1. The van der Waals surface area contributed by atoms with Gasteiger partial charge in [0.1, 0.15) is 5.75 Å². The third-order valence-corrected chi connectivity index (χ3v) is 2.53. The van der Waals surface area contributed by atoms with Crippen LogP contribution in [0.2, 0.25) is 0 Å². The van der Waals surface area contributed by atoms with Crippen LogP contribution in [-0.2, 0) is 10.5 Å². The zero-order valence-electron chi connectivity index (χ0n) is 8.03. The Labute approximate surface area is 86.7 Å². The third-order valence-electron chi connectivity index (χ3n) is 2.53. The van der Waals surface area contributed by atoms with Crippen LogP contribution in [0.3, 0.4) is 0 Å². The van der Waals surface area contributed by atoms with Gasteiger partial charge in [0.15, 0.2) is 5.66 Å². The number of carbonyl (C=O) groups is 1. The van der Waals surface area contributed by atoms with Crippen LogP contribution in [0.25, 0.3) is 0 Å². The van der Waals surface area contributed by atoms with Crippen molar-refractivity contribution in [3.05, 3.63) is 29.8 Å². The predicted octanol–water partition coefficient (Wildman–Crippen LogP) is -0.178. The quantitative estimate of drug-likeness (QED) is 0.542. The van der Waals surface area contributed by atoms with E-state index in [0.717, 1.165) is 0 Å². The summed E-state index contributed by atoms with van der Waals surface area (Å²) in [5.74, 6) is -1.07. The fourth-order valence-electron chi connectivity index (χ4n) is 1.81. The highest BCUT2D eigenvalue weighted by Crippen LogP contribution is 2.28. The van der Waals surface area contributed by atoms with E-state index in [1.807, 2.05) is 0 Å². The molecule has 15 heavy (non-hydrogen) atoms. The molecule has 0 amide bonds. The molecule has 1 heterocycles. The Morgan fingerprint density at radius 2 is 1.87 bits per heavy atom. The number of rotatable bonds is 2. The van der Waals surface area contributed by atoms with Gasteiger partial charge in [-0.15, -0.1) is 0 Å². The highest BCUT2D eigenvalue weighted by atomic mass is 16.4. The maximum absolute atomic E-state index is 11.2. The van der Waals surface area contributed by atoms with Gasteiger partial charge in [0.05, 0.1) is 0 Å². The van der Waals surface area contributed by atoms with Crippen LogP contribution in [-0.4, -0.2) is 29.3 Å². The molecule has 1 aliphatic rings. The number of hydrogen-bond acceptors (Lipinski definition) is 4. The van der Waals surface area contributed by atoms with Crippen molar-refractivity contribution in [2.45, 2.75) is 5.66 Å². The second-order valence-electron chi connectivity index (χ2n) is 3.43. The first kappa shape index (κ1) is 9.95. The number of phenolic OH excluding ortho intramolecular Hbond substituents is 1. The molecule has 0 spiro atoms. The lowest BCUT2D eigenvalue weighted by Gasteiger charge is -2.25. The molecule has 0 bridgehead atoms. The van der Waals surface area contributed by atoms with Gasteiger partial charge in [-0.1, -0.05) is 18.2 Å². The van der Waals surface area contributed by atoms with Crippen LogP contribution in [0.4, 0.5) is 0 Å². The summed E-state index contributed by atoms with van der Waals surface area (Å²) in [6.07, 6.45) is 0. The molecule has 0 atom stereocenters. The molecule has 0 aromatic heterocycles. The Balaban J connectivity index is 2.50. The zero-order valence-corrected chi connectivity index (χ0v) is 8.03. The van der Waals surface area contributed by atoms with Gasteiger partial charge in [-0.25, -0.2) is 4.79 Å². The fraction of sp³-hybridized carbons (Fsp3) is 0.300. The summed E-state index contributed by atoms with van der Waals surface area (Å²) in [6.45, 7) is 1.11. The molecule has 2 rings (SSSR count). The number of aromatic hydroxyl groups is 1. The van der Waals surface area contributed by atoms with E-state index in [9.17, 15) is 15.0 Å². The molecule has 5 heteroatoms. The highest BCUT2D eigenvalue weighted by Gasteiger charge is 2.44. The lowest BCUT2D eigenvalue weighted by molar-refractivity contribution is -0.145. The maximum atomic E-state index is 11.2. The summed E-state index contributed by atoms with van der Waals surface area (Å²) < 4.78 is 0. The minimum atomic E-state index is -1.36. The lowest BCUT2D eigenvalue weighted by atomic mass is 9.99. The van der Waals surface area contributed by atoms with Crippen LogP contribution < -0.4 is 10.6 Å². The highest BCUT2D eigenvalue weighted by molar-refractivity contribution is 5.81. The van der Waals surface area contributed by atoms with Crippen LogP contribution in [0, 0.1) is 0 Å². The van der Waals surface area contributed by atoms with Crippen molar-refractivity contribution < 1.29 is 15.0 Å². The number of hydrogen-bond donors (Lipinski definition) is 4. The number of carboxylic acid groups (broad SMARTS) is 1. The Hall–Kier alpha value is -1.59. The molecule has 0 saturated carbocycles. The minimum absolute atomic E-state index is 0.0261. The van der Waals surface area contributed by atoms with Gasteiger partial charge in [-0.05, 0) is 6.07 Å². The van der Waals surface area contributed by atoms with Gasteiger partial charge in [0, 0.05) is 18.7 Å². The van der Waals surface area contributed by atoms with E-state index in [4.69, 9.17) is 0 Å². The molecule has 0 unspecified atom stereocenters. The van der Waals surface area contributed by atoms with Crippen LogP contribution >= 0.6 is 0 Å². The van der Waals surface area contributed by atoms with Crippen molar-refractivity contribution in [2.24, 2.45) is 0 Å². The summed E-state index contributed by atoms with van der Waals surface area (Å²) in [5.41, 5.74) is -1.01. The van der Waals surface area contributed by atoms with E-state index in [1.165, 1.54) is 6.07 Å². The topological polar surface area (TPSA) is 81.6 Å². The van der Waals surface area contributed by atoms with Gasteiger partial charge in [0.25, 0.3) is 0 Å².